The van der Waals surface area contributed by atoms with Gasteiger partial charge in [0.25, 0.3) is 5.91 Å². The Morgan fingerprint density at radius 2 is 1.79 bits per heavy atom. The maximum atomic E-state index is 13.3. The number of carbonyl (C=O) groups excluding carboxylic acids is 2. The minimum atomic E-state index is -0.206. The number of amides is 2. The third-order valence-corrected chi connectivity index (χ3v) is 7.94. The van der Waals surface area contributed by atoms with Crippen LogP contribution in [0.2, 0.25) is 0 Å². The number of hydrogen-bond acceptors (Lipinski definition) is 5. The Hall–Kier alpha value is -4.23. The number of benzene rings is 3. The summed E-state index contributed by atoms with van der Waals surface area (Å²) in [5.41, 5.74) is 12.1. The molecule has 7 heteroatoms. The Balaban J connectivity index is 1.27. The lowest BCUT2D eigenvalue weighted by Gasteiger charge is -2.22. The summed E-state index contributed by atoms with van der Waals surface area (Å²) >= 11 is 0. The van der Waals surface area contributed by atoms with Crippen molar-refractivity contribution in [3.63, 3.8) is 0 Å². The van der Waals surface area contributed by atoms with Crippen LogP contribution in [0.25, 0.3) is 6.08 Å². The summed E-state index contributed by atoms with van der Waals surface area (Å²) in [6.07, 6.45) is 5.05. The zero-order valence-corrected chi connectivity index (χ0v) is 24.7. The molecule has 1 unspecified atom stereocenters. The van der Waals surface area contributed by atoms with Gasteiger partial charge >= 0.3 is 0 Å². The van der Waals surface area contributed by atoms with Gasteiger partial charge in [-0.2, -0.15) is 0 Å². The van der Waals surface area contributed by atoms with Gasteiger partial charge in [0.2, 0.25) is 5.91 Å². The molecule has 1 saturated heterocycles. The quantitative estimate of drug-likeness (QED) is 0.301. The summed E-state index contributed by atoms with van der Waals surface area (Å²) in [5, 5.41) is 3.07. The van der Waals surface area contributed by atoms with E-state index in [0.29, 0.717) is 41.7 Å². The molecular weight excluding hydrogens is 522 g/mol. The second-order valence-corrected chi connectivity index (χ2v) is 11.3. The third kappa shape index (κ3) is 7.15. The summed E-state index contributed by atoms with van der Waals surface area (Å²) in [5.74, 6) is 0.591. The molecule has 5 rings (SSSR count). The van der Waals surface area contributed by atoms with Crippen LogP contribution >= 0.6 is 0 Å². The van der Waals surface area contributed by atoms with Crippen LogP contribution in [0.15, 0.2) is 83.4 Å². The van der Waals surface area contributed by atoms with E-state index >= 15 is 0 Å². The monoisotopic (exact) mass is 563 g/mol. The lowest BCUT2D eigenvalue weighted by molar-refractivity contribution is -0.127. The van der Waals surface area contributed by atoms with Crippen molar-refractivity contribution in [2.75, 3.05) is 31.5 Å². The van der Waals surface area contributed by atoms with Crippen molar-refractivity contribution in [1.29, 1.82) is 0 Å². The molecule has 2 aliphatic heterocycles. The van der Waals surface area contributed by atoms with Gasteiger partial charge < -0.3 is 16.0 Å². The van der Waals surface area contributed by atoms with Crippen molar-refractivity contribution < 1.29 is 9.59 Å². The summed E-state index contributed by atoms with van der Waals surface area (Å²) < 4.78 is 0. The van der Waals surface area contributed by atoms with E-state index in [1.165, 1.54) is 11.1 Å². The smallest absolute Gasteiger partial charge is 0.255 e. The zero-order valence-electron chi connectivity index (χ0n) is 24.7. The Labute approximate surface area is 249 Å². The number of rotatable bonds is 10. The fourth-order valence-corrected chi connectivity index (χ4v) is 5.89. The lowest BCUT2D eigenvalue weighted by atomic mass is 9.98. The minimum absolute atomic E-state index is 0.00292. The molecule has 3 N–H and O–H groups in total. The second-order valence-electron chi connectivity index (χ2n) is 11.3. The van der Waals surface area contributed by atoms with Crippen LogP contribution in [-0.2, 0) is 11.3 Å². The topological polar surface area (TPSA) is 91.0 Å². The van der Waals surface area contributed by atoms with E-state index in [4.69, 9.17) is 5.73 Å². The molecule has 7 nitrogen and oxygen atoms in total. The van der Waals surface area contributed by atoms with E-state index < -0.39 is 0 Å². The zero-order chi connectivity index (χ0) is 29.5. The number of anilines is 1. The number of nitrogens with two attached hydrogens (primary N) is 1. The fraction of sp³-hybridized carbons (Fsp3) is 0.343. The molecule has 0 aromatic heterocycles. The number of aliphatic imine (C=N–C) groups is 1. The fourth-order valence-electron chi connectivity index (χ4n) is 5.89. The first-order chi connectivity index (χ1) is 20.4. The van der Waals surface area contributed by atoms with E-state index in [9.17, 15) is 9.59 Å². The lowest BCUT2D eigenvalue weighted by Crippen LogP contribution is -2.34. The van der Waals surface area contributed by atoms with E-state index in [-0.39, 0.29) is 18.2 Å². The highest BCUT2D eigenvalue weighted by Gasteiger charge is 2.25. The predicted octanol–water partition coefficient (Wildman–Crippen LogP) is 6.35. The molecule has 0 bridgehead atoms. The number of likely N-dealkylation sites (tertiary alicyclic amines) is 1. The van der Waals surface area contributed by atoms with Gasteiger partial charge in [-0.15, -0.1) is 0 Å². The number of nitrogens with one attached hydrogen (secondary N) is 1. The van der Waals surface area contributed by atoms with Gasteiger partial charge in [-0.25, -0.2) is 4.99 Å². The standard InChI is InChI=1S/C35H41N5O2/c1-3-16-40(17-4-2)35(42)30-19-27-13-14-28(21-32(27)38-33(36)22-30)34(41)37-31-12-8-11-26(20-31)29-15-18-39(24-29)23-25-9-6-5-7-10-25/h5-14,19-21,29H,3-4,15-18,22-24H2,1-2H3,(H2,36,38)(H,37,41). The largest absolute Gasteiger partial charge is 0.387 e. The van der Waals surface area contributed by atoms with Gasteiger partial charge in [-0.3, -0.25) is 14.5 Å². The summed E-state index contributed by atoms with van der Waals surface area (Å²) in [4.78, 5) is 35.5. The summed E-state index contributed by atoms with van der Waals surface area (Å²) in [6, 6.07) is 24.1. The number of carbonyl (C=O) groups is 2. The van der Waals surface area contributed by atoms with Gasteiger partial charge in [-0.1, -0.05) is 62.4 Å². The Bertz CT molecular complexity index is 1470. The van der Waals surface area contributed by atoms with Crippen molar-refractivity contribution in [1.82, 2.24) is 9.80 Å². The van der Waals surface area contributed by atoms with Crippen molar-refractivity contribution >= 4 is 35.1 Å². The summed E-state index contributed by atoms with van der Waals surface area (Å²) in [7, 11) is 0. The van der Waals surface area contributed by atoms with Crippen LogP contribution in [0.1, 0.15) is 72.5 Å². The van der Waals surface area contributed by atoms with E-state index in [1.807, 2.05) is 29.2 Å². The van der Waals surface area contributed by atoms with Crippen LogP contribution in [0.4, 0.5) is 11.4 Å². The van der Waals surface area contributed by atoms with Gasteiger partial charge in [0.15, 0.2) is 0 Å². The van der Waals surface area contributed by atoms with E-state index in [0.717, 1.165) is 50.1 Å². The minimum Gasteiger partial charge on any atom is -0.387 e. The molecule has 2 heterocycles. The molecule has 3 aromatic rings. The van der Waals surface area contributed by atoms with E-state index in [2.05, 4.69) is 71.5 Å². The number of fused-ring (bicyclic) bond motifs is 1. The molecular formula is C35H41N5O2. The molecule has 0 aliphatic carbocycles. The molecule has 1 fully saturated rings. The van der Waals surface area contributed by atoms with E-state index in [1.54, 1.807) is 12.1 Å². The van der Waals surface area contributed by atoms with Crippen molar-refractivity contribution in [3.05, 3.63) is 101 Å². The predicted molar refractivity (Wildman–Crippen MR) is 171 cm³/mol. The summed E-state index contributed by atoms with van der Waals surface area (Å²) in [6.45, 7) is 8.58. The number of hydrogen-bond donors (Lipinski definition) is 2. The first-order valence-corrected chi connectivity index (χ1v) is 15.1. The highest BCUT2D eigenvalue weighted by molar-refractivity contribution is 6.08. The Morgan fingerprint density at radius 1 is 1.00 bits per heavy atom. The van der Waals surface area contributed by atoms with Crippen molar-refractivity contribution in [2.45, 2.75) is 52.0 Å². The van der Waals surface area contributed by atoms with Crippen LogP contribution in [-0.4, -0.2) is 53.6 Å². The van der Waals surface area contributed by atoms with Gasteiger partial charge in [-0.05, 0) is 73.2 Å². The third-order valence-electron chi connectivity index (χ3n) is 7.94. The number of amidine groups is 1. The Kier molecular flexibility index (Phi) is 9.49. The average Bonchev–Trinajstić information content (AvgIpc) is 3.39. The SMILES string of the molecule is CCCN(CCC)C(=O)C1=Cc2ccc(C(=O)Nc3cccc(C4CCN(Cc5ccccc5)C4)c3)cc2N=C(N)C1. The molecule has 0 spiro atoms. The molecule has 3 aromatic carbocycles. The van der Waals surface area contributed by atoms with Crippen molar-refractivity contribution in [3.8, 4) is 0 Å². The van der Waals surface area contributed by atoms with Crippen LogP contribution in [0.5, 0.6) is 0 Å². The average molecular weight is 564 g/mol. The van der Waals surface area contributed by atoms with Gasteiger partial charge in [0.1, 0.15) is 5.84 Å². The van der Waals surface area contributed by atoms with Crippen molar-refractivity contribution in [2.24, 2.45) is 10.7 Å². The molecule has 218 valence electrons. The molecule has 0 saturated carbocycles. The molecule has 2 amide bonds. The first-order valence-electron chi connectivity index (χ1n) is 15.1. The second kappa shape index (κ2) is 13.6. The van der Waals surface area contributed by atoms with Crippen LogP contribution in [0.3, 0.4) is 0 Å². The molecule has 1 atom stereocenters. The van der Waals surface area contributed by atoms with Gasteiger partial charge in [0.05, 0.1) is 5.69 Å². The molecule has 0 radical (unpaired) electrons. The maximum Gasteiger partial charge on any atom is 0.255 e. The first kappa shape index (κ1) is 29.3. The van der Waals surface area contributed by atoms with Crippen LogP contribution < -0.4 is 11.1 Å². The Morgan fingerprint density at radius 3 is 2.55 bits per heavy atom. The maximum absolute atomic E-state index is 13.3. The highest BCUT2D eigenvalue weighted by atomic mass is 16.2. The number of nitrogens with zero attached hydrogens (tertiary/aromatic N) is 3. The normalized spacial score (nSPS) is 16.7. The van der Waals surface area contributed by atoms with Gasteiger partial charge in [0, 0.05) is 55.0 Å². The molecule has 42 heavy (non-hydrogen) atoms. The molecule has 2 aliphatic rings. The van der Waals surface area contributed by atoms with Crippen LogP contribution in [0, 0.1) is 0 Å². The highest BCUT2D eigenvalue weighted by Crippen LogP contribution is 2.31.